The summed E-state index contributed by atoms with van der Waals surface area (Å²) in [5.74, 6) is 2.61. The average molecular weight is 214 g/mol. The molecule has 1 aromatic rings. The van der Waals surface area contributed by atoms with Crippen molar-refractivity contribution < 1.29 is 0 Å². The van der Waals surface area contributed by atoms with Crippen molar-refractivity contribution in [1.29, 1.82) is 0 Å². The molecule has 1 fully saturated rings. The van der Waals surface area contributed by atoms with Crippen LogP contribution < -0.4 is 5.32 Å². The first kappa shape index (κ1) is 9.49. The lowest BCUT2D eigenvalue weighted by molar-refractivity contribution is 0.507. The van der Waals surface area contributed by atoms with Crippen LogP contribution in [0.4, 0.5) is 0 Å². The lowest BCUT2D eigenvalue weighted by Crippen LogP contribution is -2.33. The van der Waals surface area contributed by atoms with Crippen LogP contribution in [0.2, 0.25) is 0 Å². The van der Waals surface area contributed by atoms with Gasteiger partial charge in [-0.05, 0) is 18.6 Å². The van der Waals surface area contributed by atoms with Crippen LogP contribution in [0.5, 0.6) is 0 Å². The predicted molar refractivity (Wildman–Crippen MR) is 59.3 cm³/mol. The summed E-state index contributed by atoms with van der Waals surface area (Å²) >= 11 is 3.79. The van der Waals surface area contributed by atoms with Crippen LogP contribution in [-0.2, 0) is 6.54 Å². The van der Waals surface area contributed by atoms with Gasteiger partial charge in [-0.3, -0.25) is 0 Å². The molecule has 0 aromatic carbocycles. The predicted octanol–water partition coefficient (Wildman–Crippen LogP) is 2.13. The molecular weight excluding hydrogens is 200 g/mol. The molecule has 0 bridgehead atoms. The molecule has 1 aliphatic heterocycles. The summed E-state index contributed by atoms with van der Waals surface area (Å²) in [6.07, 6.45) is 4.57. The smallest absolute Gasteiger partial charge is 0.106 e. The highest BCUT2D eigenvalue weighted by molar-refractivity contribution is 7.99. The van der Waals surface area contributed by atoms with Crippen molar-refractivity contribution in [3.05, 3.63) is 16.6 Å². The SMILES string of the molecule is c1csc(CNC2CCCSC2)n1. The first-order valence-electron chi connectivity index (χ1n) is 4.64. The molecule has 2 rings (SSSR count). The van der Waals surface area contributed by atoms with Gasteiger partial charge in [0.05, 0.1) is 0 Å². The van der Waals surface area contributed by atoms with Crippen LogP contribution in [0.1, 0.15) is 17.8 Å². The van der Waals surface area contributed by atoms with Gasteiger partial charge in [0.1, 0.15) is 5.01 Å². The van der Waals surface area contributed by atoms with Gasteiger partial charge in [0, 0.05) is 29.9 Å². The number of thiazole rings is 1. The summed E-state index contributed by atoms with van der Waals surface area (Å²) in [5.41, 5.74) is 0. The molecule has 0 radical (unpaired) electrons. The Balaban J connectivity index is 1.72. The first-order chi connectivity index (χ1) is 6.45. The Labute approximate surface area is 87.1 Å². The van der Waals surface area contributed by atoms with E-state index in [1.54, 1.807) is 11.3 Å². The Morgan fingerprint density at radius 2 is 2.62 bits per heavy atom. The van der Waals surface area contributed by atoms with Crippen molar-refractivity contribution in [2.24, 2.45) is 0 Å². The molecule has 0 saturated carbocycles. The van der Waals surface area contributed by atoms with Crippen LogP contribution in [0.15, 0.2) is 11.6 Å². The van der Waals surface area contributed by atoms with Crippen molar-refractivity contribution in [1.82, 2.24) is 10.3 Å². The Morgan fingerprint density at radius 1 is 1.62 bits per heavy atom. The third-order valence-electron chi connectivity index (χ3n) is 2.19. The van der Waals surface area contributed by atoms with Crippen molar-refractivity contribution in [3.63, 3.8) is 0 Å². The summed E-state index contributed by atoms with van der Waals surface area (Å²) in [7, 11) is 0. The minimum absolute atomic E-state index is 0.711. The maximum Gasteiger partial charge on any atom is 0.106 e. The van der Waals surface area contributed by atoms with Crippen molar-refractivity contribution in [3.8, 4) is 0 Å². The normalized spacial score (nSPS) is 23.2. The quantitative estimate of drug-likeness (QED) is 0.834. The maximum atomic E-state index is 4.25. The van der Waals surface area contributed by atoms with Gasteiger partial charge in [-0.2, -0.15) is 11.8 Å². The molecule has 13 heavy (non-hydrogen) atoms. The second-order valence-corrected chi connectivity index (χ2v) is 5.35. The number of rotatable bonds is 3. The topological polar surface area (TPSA) is 24.9 Å². The molecule has 0 spiro atoms. The summed E-state index contributed by atoms with van der Waals surface area (Å²) in [5, 5.41) is 6.79. The summed E-state index contributed by atoms with van der Waals surface area (Å²) < 4.78 is 0. The lowest BCUT2D eigenvalue weighted by atomic mass is 10.2. The molecule has 1 aliphatic rings. The number of nitrogens with one attached hydrogen (secondary N) is 1. The lowest BCUT2D eigenvalue weighted by Gasteiger charge is -2.21. The van der Waals surface area contributed by atoms with Gasteiger partial charge in [0.15, 0.2) is 0 Å². The van der Waals surface area contributed by atoms with Crippen LogP contribution >= 0.6 is 23.1 Å². The molecular formula is C9H14N2S2. The molecule has 1 atom stereocenters. The molecule has 0 amide bonds. The van der Waals surface area contributed by atoms with Gasteiger partial charge in [0.2, 0.25) is 0 Å². The van der Waals surface area contributed by atoms with Gasteiger partial charge in [0.25, 0.3) is 0 Å². The fourth-order valence-corrected chi connectivity index (χ4v) is 3.15. The Bertz CT molecular complexity index is 230. The molecule has 2 heterocycles. The largest absolute Gasteiger partial charge is 0.307 e. The summed E-state index contributed by atoms with van der Waals surface area (Å²) in [4.78, 5) is 4.25. The van der Waals surface area contributed by atoms with Gasteiger partial charge >= 0.3 is 0 Å². The standard InChI is InChI=1S/C9H14N2S2/c1-2-8(7-12-4-1)11-6-9-10-3-5-13-9/h3,5,8,11H,1-2,4,6-7H2. The monoisotopic (exact) mass is 214 g/mol. The number of thioether (sulfide) groups is 1. The Kier molecular flexibility index (Phi) is 3.64. The first-order valence-corrected chi connectivity index (χ1v) is 6.68. The van der Waals surface area contributed by atoms with Gasteiger partial charge < -0.3 is 5.32 Å². The Hall–Kier alpha value is -0.0600. The third kappa shape index (κ3) is 2.97. The van der Waals surface area contributed by atoms with E-state index in [2.05, 4.69) is 22.1 Å². The molecule has 1 saturated heterocycles. The average Bonchev–Trinajstić information content (AvgIpc) is 2.69. The van der Waals surface area contributed by atoms with Crippen molar-refractivity contribution in [2.75, 3.05) is 11.5 Å². The molecule has 1 unspecified atom stereocenters. The third-order valence-corrected chi connectivity index (χ3v) is 4.18. The molecule has 1 N–H and O–H groups in total. The van der Waals surface area contributed by atoms with E-state index in [-0.39, 0.29) is 0 Å². The van der Waals surface area contributed by atoms with Crippen LogP contribution in [0.3, 0.4) is 0 Å². The van der Waals surface area contributed by atoms with Crippen LogP contribution in [0, 0.1) is 0 Å². The zero-order valence-electron chi connectivity index (χ0n) is 7.53. The van der Waals surface area contributed by atoms with Gasteiger partial charge in [-0.15, -0.1) is 11.3 Å². The minimum atomic E-state index is 0.711. The van der Waals surface area contributed by atoms with E-state index < -0.39 is 0 Å². The second-order valence-electron chi connectivity index (χ2n) is 3.22. The number of hydrogen-bond acceptors (Lipinski definition) is 4. The Morgan fingerprint density at radius 3 is 3.31 bits per heavy atom. The zero-order chi connectivity index (χ0) is 8.93. The molecule has 1 aromatic heterocycles. The fourth-order valence-electron chi connectivity index (χ4n) is 1.47. The second kappa shape index (κ2) is 4.98. The zero-order valence-corrected chi connectivity index (χ0v) is 9.16. The van der Waals surface area contributed by atoms with E-state index in [0.29, 0.717) is 6.04 Å². The van der Waals surface area contributed by atoms with Crippen LogP contribution in [0.25, 0.3) is 0 Å². The highest BCUT2D eigenvalue weighted by Crippen LogP contribution is 2.17. The van der Waals surface area contributed by atoms with Crippen molar-refractivity contribution in [2.45, 2.75) is 25.4 Å². The molecule has 2 nitrogen and oxygen atoms in total. The number of nitrogens with zero attached hydrogens (tertiary/aromatic N) is 1. The molecule has 4 heteroatoms. The van der Waals surface area contributed by atoms with E-state index >= 15 is 0 Å². The fraction of sp³-hybridized carbons (Fsp3) is 0.667. The van der Waals surface area contributed by atoms with E-state index in [9.17, 15) is 0 Å². The number of hydrogen-bond donors (Lipinski definition) is 1. The molecule has 0 aliphatic carbocycles. The van der Waals surface area contributed by atoms with Gasteiger partial charge in [-0.25, -0.2) is 4.98 Å². The van der Waals surface area contributed by atoms with E-state index in [4.69, 9.17) is 0 Å². The molecule has 72 valence electrons. The van der Waals surface area contributed by atoms with Gasteiger partial charge in [-0.1, -0.05) is 0 Å². The summed E-state index contributed by atoms with van der Waals surface area (Å²) in [6, 6.07) is 0.711. The van der Waals surface area contributed by atoms with E-state index in [0.717, 1.165) is 6.54 Å². The van der Waals surface area contributed by atoms with Crippen molar-refractivity contribution >= 4 is 23.1 Å². The van der Waals surface area contributed by atoms with Crippen LogP contribution in [-0.4, -0.2) is 22.5 Å². The summed E-state index contributed by atoms with van der Waals surface area (Å²) in [6.45, 7) is 0.947. The number of aromatic nitrogens is 1. The maximum absolute atomic E-state index is 4.25. The highest BCUT2D eigenvalue weighted by atomic mass is 32.2. The van der Waals surface area contributed by atoms with E-state index in [1.807, 2.05) is 11.6 Å². The van der Waals surface area contributed by atoms with E-state index in [1.165, 1.54) is 29.4 Å². The minimum Gasteiger partial charge on any atom is -0.307 e. The highest BCUT2D eigenvalue weighted by Gasteiger charge is 2.12.